The zero-order valence-electron chi connectivity index (χ0n) is 9.47. The van der Waals surface area contributed by atoms with E-state index in [0.29, 0.717) is 23.4 Å². The van der Waals surface area contributed by atoms with E-state index in [0.717, 1.165) is 31.6 Å². The highest BCUT2D eigenvalue weighted by Crippen LogP contribution is 2.38. The van der Waals surface area contributed by atoms with Gasteiger partial charge in [0.05, 0.1) is 18.0 Å². The molecule has 0 saturated carbocycles. The van der Waals surface area contributed by atoms with Gasteiger partial charge in [-0.3, -0.25) is 0 Å². The van der Waals surface area contributed by atoms with Crippen LogP contribution in [-0.4, -0.2) is 25.8 Å². The Morgan fingerprint density at radius 3 is 2.82 bits per heavy atom. The number of hydrogen-bond acceptors (Lipinski definition) is 3. The standard InChI is InChI=1S/C12H15ClFN3/c13-8-5-10(14)12-11(6-8)17(7-16-12)9-1-3-15-4-2-9/h5-6,9,15-16H,1-4,7H2. The van der Waals surface area contributed by atoms with Crippen LogP contribution in [0.15, 0.2) is 12.1 Å². The summed E-state index contributed by atoms with van der Waals surface area (Å²) in [7, 11) is 0. The number of rotatable bonds is 1. The second kappa shape index (κ2) is 4.35. The smallest absolute Gasteiger partial charge is 0.149 e. The van der Waals surface area contributed by atoms with E-state index in [1.54, 1.807) is 0 Å². The topological polar surface area (TPSA) is 27.3 Å². The Morgan fingerprint density at radius 1 is 1.29 bits per heavy atom. The molecule has 0 atom stereocenters. The van der Waals surface area contributed by atoms with Crippen LogP contribution in [0.2, 0.25) is 5.02 Å². The van der Waals surface area contributed by atoms with Crippen LogP contribution in [0.25, 0.3) is 0 Å². The average Bonchev–Trinajstić information content (AvgIpc) is 2.74. The maximum absolute atomic E-state index is 13.7. The van der Waals surface area contributed by atoms with Gasteiger partial charge in [-0.25, -0.2) is 4.39 Å². The van der Waals surface area contributed by atoms with Crippen molar-refractivity contribution < 1.29 is 4.39 Å². The van der Waals surface area contributed by atoms with Gasteiger partial charge in [0, 0.05) is 11.1 Å². The monoisotopic (exact) mass is 255 g/mol. The molecule has 0 aromatic heterocycles. The molecule has 0 spiro atoms. The van der Waals surface area contributed by atoms with E-state index in [2.05, 4.69) is 15.5 Å². The van der Waals surface area contributed by atoms with Gasteiger partial charge in [0.2, 0.25) is 0 Å². The Hall–Kier alpha value is -1.00. The van der Waals surface area contributed by atoms with Gasteiger partial charge in [0.15, 0.2) is 0 Å². The molecular formula is C12H15ClFN3. The van der Waals surface area contributed by atoms with Gasteiger partial charge in [-0.2, -0.15) is 0 Å². The maximum Gasteiger partial charge on any atom is 0.149 e. The van der Waals surface area contributed by atoms with Crippen LogP contribution in [0.1, 0.15) is 12.8 Å². The molecule has 3 nitrogen and oxygen atoms in total. The quantitative estimate of drug-likeness (QED) is 0.807. The Balaban J connectivity index is 1.92. The molecule has 2 aliphatic rings. The third-order valence-electron chi connectivity index (χ3n) is 3.52. The van der Waals surface area contributed by atoms with Crippen molar-refractivity contribution in [2.24, 2.45) is 0 Å². The number of benzene rings is 1. The van der Waals surface area contributed by atoms with E-state index in [-0.39, 0.29) is 5.82 Å². The number of nitrogens with one attached hydrogen (secondary N) is 2. The fourth-order valence-corrected chi connectivity index (χ4v) is 2.85. The number of anilines is 2. The summed E-state index contributed by atoms with van der Waals surface area (Å²) in [5.41, 5.74) is 1.50. The summed E-state index contributed by atoms with van der Waals surface area (Å²) in [5, 5.41) is 6.91. The van der Waals surface area contributed by atoms with Crippen LogP contribution in [-0.2, 0) is 0 Å². The van der Waals surface area contributed by atoms with Crippen LogP contribution >= 0.6 is 11.6 Å². The Labute approximate surface area is 105 Å². The van der Waals surface area contributed by atoms with Gasteiger partial charge >= 0.3 is 0 Å². The maximum atomic E-state index is 13.7. The summed E-state index contributed by atoms with van der Waals surface area (Å²) in [6, 6.07) is 3.68. The molecule has 5 heteroatoms. The van der Waals surface area contributed by atoms with Crippen molar-refractivity contribution in [3.63, 3.8) is 0 Å². The van der Waals surface area contributed by atoms with Crippen LogP contribution in [0, 0.1) is 5.82 Å². The fourth-order valence-electron chi connectivity index (χ4n) is 2.66. The van der Waals surface area contributed by atoms with E-state index in [1.165, 1.54) is 6.07 Å². The first-order chi connectivity index (χ1) is 8.25. The van der Waals surface area contributed by atoms with Gasteiger partial charge < -0.3 is 15.5 Å². The molecule has 3 rings (SSSR count). The van der Waals surface area contributed by atoms with Gasteiger partial charge in [-0.15, -0.1) is 0 Å². The highest BCUT2D eigenvalue weighted by molar-refractivity contribution is 6.31. The van der Waals surface area contributed by atoms with Gasteiger partial charge in [0.1, 0.15) is 5.82 Å². The lowest BCUT2D eigenvalue weighted by Gasteiger charge is -2.32. The zero-order chi connectivity index (χ0) is 11.8. The van der Waals surface area contributed by atoms with E-state index in [4.69, 9.17) is 11.6 Å². The van der Waals surface area contributed by atoms with Crippen LogP contribution in [0.3, 0.4) is 0 Å². The molecular weight excluding hydrogens is 241 g/mol. The van der Waals surface area contributed by atoms with Crippen molar-refractivity contribution in [3.05, 3.63) is 23.0 Å². The molecule has 0 radical (unpaired) electrons. The molecule has 0 aliphatic carbocycles. The molecule has 2 aliphatic heterocycles. The minimum absolute atomic E-state index is 0.260. The Bertz CT molecular complexity index is 432. The summed E-state index contributed by atoms with van der Waals surface area (Å²) >= 11 is 5.93. The number of halogens is 2. The molecule has 1 aromatic carbocycles. The molecule has 2 heterocycles. The second-order valence-corrected chi connectivity index (χ2v) is 5.00. The first-order valence-electron chi connectivity index (χ1n) is 5.96. The van der Waals surface area contributed by atoms with E-state index < -0.39 is 0 Å². The number of hydrogen-bond donors (Lipinski definition) is 2. The van der Waals surface area contributed by atoms with Gasteiger partial charge in [-0.1, -0.05) is 11.6 Å². The summed E-state index contributed by atoms with van der Waals surface area (Å²) in [6.45, 7) is 2.73. The fraction of sp³-hybridized carbons (Fsp3) is 0.500. The molecule has 1 fully saturated rings. The van der Waals surface area contributed by atoms with Gasteiger partial charge in [-0.05, 0) is 38.1 Å². The molecule has 1 aromatic rings. The summed E-state index contributed by atoms with van der Waals surface area (Å²) in [6.07, 6.45) is 2.19. The van der Waals surface area contributed by atoms with Crippen LogP contribution < -0.4 is 15.5 Å². The van der Waals surface area contributed by atoms with Crippen molar-refractivity contribution in [1.82, 2.24) is 5.32 Å². The number of piperidine rings is 1. The molecule has 2 N–H and O–H groups in total. The van der Waals surface area contributed by atoms with Crippen molar-refractivity contribution >= 4 is 23.0 Å². The third-order valence-corrected chi connectivity index (χ3v) is 3.74. The minimum Gasteiger partial charge on any atom is -0.364 e. The zero-order valence-corrected chi connectivity index (χ0v) is 10.2. The van der Waals surface area contributed by atoms with E-state index >= 15 is 0 Å². The van der Waals surface area contributed by atoms with Gasteiger partial charge in [0.25, 0.3) is 0 Å². The Morgan fingerprint density at radius 2 is 2.06 bits per heavy atom. The summed E-state index contributed by atoms with van der Waals surface area (Å²) in [4.78, 5) is 2.23. The summed E-state index contributed by atoms with van der Waals surface area (Å²) < 4.78 is 13.7. The molecule has 17 heavy (non-hydrogen) atoms. The highest BCUT2D eigenvalue weighted by Gasteiger charge is 2.29. The third kappa shape index (κ3) is 1.96. The van der Waals surface area contributed by atoms with Crippen molar-refractivity contribution in [3.8, 4) is 0 Å². The second-order valence-electron chi connectivity index (χ2n) is 4.57. The predicted octanol–water partition coefficient (Wildman–Crippen LogP) is 2.42. The van der Waals surface area contributed by atoms with Crippen LogP contribution in [0.4, 0.5) is 15.8 Å². The van der Waals surface area contributed by atoms with Crippen molar-refractivity contribution in [1.29, 1.82) is 0 Å². The first-order valence-corrected chi connectivity index (χ1v) is 6.34. The predicted molar refractivity (Wildman–Crippen MR) is 68.3 cm³/mol. The number of fused-ring (bicyclic) bond motifs is 1. The minimum atomic E-state index is -0.260. The normalized spacial score (nSPS) is 20.2. The first kappa shape index (κ1) is 11.1. The molecule has 0 amide bonds. The lowest BCUT2D eigenvalue weighted by atomic mass is 10.0. The van der Waals surface area contributed by atoms with E-state index in [9.17, 15) is 4.39 Å². The molecule has 1 saturated heterocycles. The Kier molecular flexibility index (Phi) is 2.84. The van der Waals surface area contributed by atoms with Crippen molar-refractivity contribution in [2.45, 2.75) is 18.9 Å². The average molecular weight is 256 g/mol. The molecule has 0 bridgehead atoms. The largest absolute Gasteiger partial charge is 0.364 e. The van der Waals surface area contributed by atoms with E-state index in [1.807, 2.05) is 6.07 Å². The molecule has 0 unspecified atom stereocenters. The summed E-state index contributed by atoms with van der Waals surface area (Å²) in [5.74, 6) is -0.260. The highest BCUT2D eigenvalue weighted by atomic mass is 35.5. The SMILES string of the molecule is Fc1cc(Cl)cc2c1NCN2C1CCNCC1. The number of nitrogens with zero attached hydrogens (tertiary/aromatic N) is 1. The van der Waals surface area contributed by atoms with Crippen molar-refractivity contribution in [2.75, 3.05) is 30.0 Å². The lowest BCUT2D eigenvalue weighted by Crippen LogP contribution is -2.43. The molecule has 92 valence electrons. The van der Waals surface area contributed by atoms with Crippen LogP contribution in [0.5, 0.6) is 0 Å². The lowest BCUT2D eigenvalue weighted by molar-refractivity contribution is 0.438.